The summed E-state index contributed by atoms with van der Waals surface area (Å²) in [4.78, 5) is 27.4. The molecule has 2 aromatic rings. The van der Waals surface area contributed by atoms with E-state index in [9.17, 15) is 9.59 Å². The summed E-state index contributed by atoms with van der Waals surface area (Å²) in [7, 11) is 0. The number of hydrogen-bond acceptors (Lipinski definition) is 2. The molecule has 1 aliphatic heterocycles. The molecule has 1 heterocycles. The van der Waals surface area contributed by atoms with Gasteiger partial charge in [0.15, 0.2) is 0 Å². The van der Waals surface area contributed by atoms with Gasteiger partial charge in [0.1, 0.15) is 5.41 Å². The first-order valence-electron chi connectivity index (χ1n) is 8.82. The maximum Gasteiger partial charge on any atom is 0.242 e. The first kappa shape index (κ1) is 18.5. The van der Waals surface area contributed by atoms with Gasteiger partial charge in [0.25, 0.3) is 0 Å². The van der Waals surface area contributed by atoms with Crippen molar-refractivity contribution in [2.75, 3.05) is 18.0 Å². The highest BCUT2D eigenvalue weighted by molar-refractivity contribution is 6.30. The molecule has 136 valence electrons. The zero-order valence-corrected chi connectivity index (χ0v) is 15.8. The zero-order valence-electron chi connectivity index (χ0n) is 15.1. The summed E-state index contributed by atoms with van der Waals surface area (Å²) in [6.07, 6.45) is 1.50. The molecule has 1 N–H and O–H groups in total. The van der Waals surface area contributed by atoms with Crippen LogP contribution in [0.25, 0.3) is 0 Å². The summed E-state index contributed by atoms with van der Waals surface area (Å²) in [6.45, 7) is 4.46. The van der Waals surface area contributed by atoms with Crippen molar-refractivity contribution in [2.24, 2.45) is 5.41 Å². The number of carbonyl (C=O) groups excluding carboxylic acids is 2. The van der Waals surface area contributed by atoms with Crippen molar-refractivity contribution in [3.05, 3.63) is 64.7 Å². The van der Waals surface area contributed by atoms with Crippen LogP contribution in [0.2, 0.25) is 5.02 Å². The molecule has 5 heteroatoms. The lowest BCUT2D eigenvalue weighted by Gasteiger charge is -2.28. The molecule has 1 aliphatic rings. The van der Waals surface area contributed by atoms with E-state index in [0.717, 1.165) is 23.2 Å². The molecular weight excluding hydrogens is 348 g/mol. The van der Waals surface area contributed by atoms with Crippen molar-refractivity contribution in [1.82, 2.24) is 5.32 Å². The number of hydrogen-bond donors (Lipinski definition) is 1. The minimum absolute atomic E-state index is 0.164. The predicted molar refractivity (Wildman–Crippen MR) is 104 cm³/mol. The number of amides is 2. The number of carbonyl (C=O) groups is 2. The lowest BCUT2D eigenvalue weighted by Crippen LogP contribution is -2.49. The predicted octanol–water partition coefficient (Wildman–Crippen LogP) is 3.61. The number of anilines is 1. The molecule has 0 saturated heterocycles. The zero-order chi connectivity index (χ0) is 18.7. The van der Waals surface area contributed by atoms with Gasteiger partial charge in [0.05, 0.1) is 0 Å². The normalized spacial score (nSPS) is 13.4. The summed E-state index contributed by atoms with van der Waals surface area (Å²) in [5.41, 5.74) is 2.00. The van der Waals surface area contributed by atoms with E-state index in [1.54, 1.807) is 18.7 Å². The van der Waals surface area contributed by atoms with Gasteiger partial charge in [-0.3, -0.25) is 9.59 Å². The van der Waals surface area contributed by atoms with Crippen molar-refractivity contribution in [3.63, 3.8) is 0 Å². The van der Waals surface area contributed by atoms with Gasteiger partial charge >= 0.3 is 0 Å². The Morgan fingerprint density at radius 3 is 2.69 bits per heavy atom. The number of rotatable bonds is 5. The van der Waals surface area contributed by atoms with E-state index in [1.165, 1.54) is 0 Å². The third-order valence-corrected chi connectivity index (χ3v) is 5.06. The van der Waals surface area contributed by atoms with Crippen LogP contribution in [0.4, 0.5) is 5.69 Å². The Bertz CT molecular complexity index is 832. The minimum Gasteiger partial charge on any atom is -0.355 e. The Balaban J connectivity index is 1.62. The second kappa shape index (κ2) is 7.50. The summed E-state index contributed by atoms with van der Waals surface area (Å²) in [5.74, 6) is -0.420. The fourth-order valence-corrected chi connectivity index (χ4v) is 3.43. The fourth-order valence-electron chi connectivity index (χ4n) is 3.22. The van der Waals surface area contributed by atoms with Gasteiger partial charge in [-0.15, -0.1) is 0 Å². The van der Waals surface area contributed by atoms with E-state index in [0.29, 0.717) is 24.5 Å². The van der Waals surface area contributed by atoms with Crippen LogP contribution < -0.4 is 10.2 Å². The van der Waals surface area contributed by atoms with Crippen molar-refractivity contribution in [3.8, 4) is 0 Å². The third kappa shape index (κ3) is 3.75. The molecule has 26 heavy (non-hydrogen) atoms. The van der Waals surface area contributed by atoms with Crippen molar-refractivity contribution in [1.29, 1.82) is 0 Å². The molecule has 0 fully saturated rings. The van der Waals surface area contributed by atoms with E-state index in [4.69, 9.17) is 11.6 Å². The van der Waals surface area contributed by atoms with Crippen molar-refractivity contribution in [2.45, 2.75) is 26.7 Å². The van der Waals surface area contributed by atoms with Gasteiger partial charge in [0.2, 0.25) is 11.8 Å². The van der Waals surface area contributed by atoms with E-state index in [1.807, 2.05) is 48.5 Å². The number of fused-ring (bicyclic) bond motifs is 1. The summed E-state index contributed by atoms with van der Waals surface area (Å²) in [5, 5.41) is 3.57. The second-order valence-electron chi connectivity index (χ2n) is 7.10. The van der Waals surface area contributed by atoms with Crippen molar-refractivity contribution < 1.29 is 9.59 Å². The molecule has 0 atom stereocenters. The topological polar surface area (TPSA) is 49.4 Å². The van der Waals surface area contributed by atoms with Gasteiger partial charge in [-0.05, 0) is 56.0 Å². The first-order valence-corrected chi connectivity index (χ1v) is 9.20. The largest absolute Gasteiger partial charge is 0.355 e. The average molecular weight is 371 g/mol. The molecule has 0 spiro atoms. The molecule has 2 amide bonds. The van der Waals surface area contributed by atoms with Gasteiger partial charge in [-0.2, -0.15) is 0 Å². The van der Waals surface area contributed by atoms with Crippen LogP contribution in [0.3, 0.4) is 0 Å². The SMILES string of the molecule is CC(C)(C(=O)NCCc1cccc(Cl)c1)C(=O)N1CCc2ccccc21. The second-order valence-corrected chi connectivity index (χ2v) is 7.53. The van der Waals surface area contributed by atoms with E-state index >= 15 is 0 Å². The van der Waals surface area contributed by atoms with Crippen LogP contribution in [-0.2, 0) is 22.4 Å². The highest BCUT2D eigenvalue weighted by atomic mass is 35.5. The standard InChI is InChI=1S/C21H23ClN2O2/c1-21(2,19(25)23-12-10-15-6-5-8-17(22)14-15)20(26)24-13-11-16-7-3-4-9-18(16)24/h3-9,14H,10-13H2,1-2H3,(H,23,25). The van der Waals surface area contributed by atoms with Crippen LogP contribution in [0, 0.1) is 5.41 Å². The Hall–Kier alpha value is -2.33. The summed E-state index contributed by atoms with van der Waals surface area (Å²) < 4.78 is 0. The number of nitrogens with zero attached hydrogens (tertiary/aromatic N) is 1. The van der Waals surface area contributed by atoms with E-state index in [2.05, 4.69) is 5.32 Å². The van der Waals surface area contributed by atoms with Gasteiger partial charge in [-0.1, -0.05) is 41.9 Å². The molecule has 2 aromatic carbocycles. The summed E-state index contributed by atoms with van der Waals surface area (Å²) >= 11 is 5.98. The Labute approximate surface area is 159 Å². The number of halogens is 1. The minimum atomic E-state index is -1.12. The number of nitrogens with one attached hydrogen (secondary N) is 1. The molecule has 0 saturated carbocycles. The lowest BCUT2D eigenvalue weighted by molar-refractivity contribution is -0.139. The lowest BCUT2D eigenvalue weighted by atomic mass is 9.90. The smallest absolute Gasteiger partial charge is 0.242 e. The molecular formula is C21H23ClN2O2. The Morgan fingerprint density at radius 1 is 1.15 bits per heavy atom. The number of benzene rings is 2. The quantitative estimate of drug-likeness (QED) is 0.817. The molecule has 0 bridgehead atoms. The summed E-state index contributed by atoms with van der Waals surface area (Å²) in [6, 6.07) is 15.4. The Morgan fingerprint density at radius 2 is 1.92 bits per heavy atom. The highest BCUT2D eigenvalue weighted by Gasteiger charge is 2.41. The van der Waals surface area contributed by atoms with E-state index < -0.39 is 5.41 Å². The molecule has 0 unspecified atom stereocenters. The maximum absolute atomic E-state index is 13.0. The van der Waals surface area contributed by atoms with Crippen molar-refractivity contribution >= 4 is 29.1 Å². The molecule has 0 aromatic heterocycles. The van der Waals surface area contributed by atoms with Gasteiger partial charge < -0.3 is 10.2 Å². The maximum atomic E-state index is 13.0. The van der Waals surface area contributed by atoms with Crippen LogP contribution in [0.1, 0.15) is 25.0 Å². The fraction of sp³-hybridized carbons (Fsp3) is 0.333. The van der Waals surface area contributed by atoms with Gasteiger partial charge in [-0.25, -0.2) is 0 Å². The van der Waals surface area contributed by atoms with Gasteiger partial charge in [0, 0.05) is 23.8 Å². The monoisotopic (exact) mass is 370 g/mol. The molecule has 0 radical (unpaired) electrons. The highest BCUT2D eigenvalue weighted by Crippen LogP contribution is 2.31. The number of para-hydroxylation sites is 1. The van der Waals surface area contributed by atoms with Crippen LogP contribution in [0.15, 0.2) is 48.5 Å². The molecule has 4 nitrogen and oxygen atoms in total. The third-order valence-electron chi connectivity index (χ3n) is 4.82. The molecule has 3 rings (SSSR count). The van der Waals surface area contributed by atoms with Crippen LogP contribution in [0.5, 0.6) is 0 Å². The average Bonchev–Trinajstić information content (AvgIpc) is 3.05. The Kier molecular flexibility index (Phi) is 5.33. The van der Waals surface area contributed by atoms with E-state index in [-0.39, 0.29) is 11.8 Å². The van der Waals surface area contributed by atoms with Crippen LogP contribution >= 0.6 is 11.6 Å². The van der Waals surface area contributed by atoms with Crippen LogP contribution in [-0.4, -0.2) is 24.9 Å². The first-order chi connectivity index (χ1) is 12.4. The molecule has 0 aliphatic carbocycles.